The second-order valence-corrected chi connectivity index (χ2v) is 8.22. The maximum absolute atomic E-state index is 12.1. The molecular weight excluding hydrogens is 368 g/mol. The number of nitrogens with one attached hydrogen (secondary N) is 1. The average Bonchev–Trinajstić information content (AvgIpc) is 3.09. The van der Waals surface area contributed by atoms with Gasteiger partial charge >= 0.3 is 0 Å². The van der Waals surface area contributed by atoms with Gasteiger partial charge in [-0.2, -0.15) is 0 Å². The lowest BCUT2D eigenvalue weighted by Crippen LogP contribution is -2.21. The minimum absolute atomic E-state index is 0.371. The third-order valence-corrected chi connectivity index (χ3v) is 5.39. The first-order valence-corrected chi connectivity index (χ1v) is 10.4. The first kappa shape index (κ1) is 18.0. The second kappa shape index (κ2) is 8.07. The van der Waals surface area contributed by atoms with Gasteiger partial charge in [0, 0.05) is 16.4 Å². The summed E-state index contributed by atoms with van der Waals surface area (Å²) in [6.07, 6.45) is 1.47. The van der Waals surface area contributed by atoms with Gasteiger partial charge in [0.15, 0.2) is 15.0 Å². The highest BCUT2D eigenvalue weighted by atomic mass is 32.2. The van der Waals surface area contributed by atoms with E-state index in [1.807, 2.05) is 53.9 Å². The number of nitrogens with zero attached hydrogens (tertiary/aromatic N) is 1. The Morgan fingerprint density at radius 1 is 1.04 bits per heavy atom. The van der Waals surface area contributed by atoms with Crippen molar-refractivity contribution in [3.63, 3.8) is 0 Å². The SMILES string of the molecule is O=C(CS(=O)(=O)/C=C\c1ccccc1)Nc1nc(-c2ccccc2)cs1. The lowest BCUT2D eigenvalue weighted by atomic mass is 10.2. The van der Waals surface area contributed by atoms with Crippen molar-refractivity contribution in [1.29, 1.82) is 0 Å². The topological polar surface area (TPSA) is 76.1 Å². The summed E-state index contributed by atoms with van der Waals surface area (Å²) in [5.41, 5.74) is 2.42. The summed E-state index contributed by atoms with van der Waals surface area (Å²) in [4.78, 5) is 16.3. The van der Waals surface area contributed by atoms with Crippen molar-refractivity contribution in [3.8, 4) is 11.3 Å². The fraction of sp³-hybridized carbons (Fsp3) is 0.0526. The van der Waals surface area contributed by atoms with Gasteiger partial charge in [0.2, 0.25) is 5.91 Å². The summed E-state index contributed by atoms with van der Waals surface area (Å²) >= 11 is 1.25. The molecule has 0 unspecified atom stereocenters. The largest absolute Gasteiger partial charge is 0.301 e. The maximum Gasteiger partial charge on any atom is 0.241 e. The Bertz CT molecular complexity index is 1010. The van der Waals surface area contributed by atoms with Crippen molar-refractivity contribution in [3.05, 3.63) is 77.0 Å². The Kier molecular flexibility index (Phi) is 5.60. The van der Waals surface area contributed by atoms with Crippen LogP contribution in [-0.2, 0) is 14.6 Å². The number of carbonyl (C=O) groups is 1. The van der Waals surface area contributed by atoms with Gasteiger partial charge in [-0.05, 0) is 11.6 Å². The highest BCUT2D eigenvalue weighted by Crippen LogP contribution is 2.24. The van der Waals surface area contributed by atoms with E-state index in [0.717, 1.165) is 22.2 Å². The molecule has 26 heavy (non-hydrogen) atoms. The molecular formula is C19H16N2O3S2. The number of hydrogen-bond donors (Lipinski definition) is 1. The molecule has 0 aliphatic carbocycles. The molecule has 0 spiro atoms. The van der Waals surface area contributed by atoms with Crippen LogP contribution in [0.25, 0.3) is 17.3 Å². The molecule has 0 radical (unpaired) electrons. The fourth-order valence-electron chi connectivity index (χ4n) is 2.21. The number of hydrogen-bond acceptors (Lipinski definition) is 5. The molecule has 3 aromatic rings. The first-order valence-electron chi connectivity index (χ1n) is 7.78. The molecule has 3 rings (SSSR count). The molecule has 0 fully saturated rings. The van der Waals surface area contributed by atoms with Gasteiger partial charge in [-0.1, -0.05) is 60.7 Å². The van der Waals surface area contributed by atoms with E-state index < -0.39 is 21.5 Å². The van der Waals surface area contributed by atoms with Gasteiger partial charge in [0.05, 0.1) is 5.69 Å². The molecule has 132 valence electrons. The Balaban J connectivity index is 1.62. The Morgan fingerprint density at radius 3 is 2.38 bits per heavy atom. The van der Waals surface area contributed by atoms with Crippen LogP contribution in [0, 0.1) is 0 Å². The highest BCUT2D eigenvalue weighted by molar-refractivity contribution is 7.95. The molecule has 7 heteroatoms. The van der Waals surface area contributed by atoms with E-state index in [0.29, 0.717) is 5.13 Å². The van der Waals surface area contributed by atoms with Crippen LogP contribution in [0.15, 0.2) is 71.5 Å². The molecule has 1 amide bonds. The van der Waals surface area contributed by atoms with E-state index in [1.165, 1.54) is 17.4 Å². The van der Waals surface area contributed by atoms with Crippen LogP contribution in [0.5, 0.6) is 0 Å². The van der Waals surface area contributed by atoms with Gasteiger partial charge in [-0.25, -0.2) is 13.4 Å². The van der Waals surface area contributed by atoms with Crippen molar-refractivity contribution in [1.82, 2.24) is 4.98 Å². The van der Waals surface area contributed by atoms with Crippen LogP contribution >= 0.6 is 11.3 Å². The van der Waals surface area contributed by atoms with E-state index in [2.05, 4.69) is 10.3 Å². The third kappa shape index (κ3) is 5.11. The summed E-state index contributed by atoms with van der Waals surface area (Å²) in [6, 6.07) is 18.6. The zero-order chi connectivity index (χ0) is 18.4. The van der Waals surface area contributed by atoms with Crippen LogP contribution in [0.1, 0.15) is 5.56 Å². The smallest absolute Gasteiger partial charge is 0.241 e. The lowest BCUT2D eigenvalue weighted by Gasteiger charge is -2.01. The quantitative estimate of drug-likeness (QED) is 0.701. The Labute approximate surface area is 156 Å². The monoisotopic (exact) mass is 384 g/mol. The predicted molar refractivity (Wildman–Crippen MR) is 105 cm³/mol. The van der Waals surface area contributed by atoms with Gasteiger partial charge in [-0.15, -0.1) is 11.3 Å². The van der Waals surface area contributed by atoms with E-state index >= 15 is 0 Å². The predicted octanol–water partition coefficient (Wildman–Crippen LogP) is 3.83. The molecule has 1 N–H and O–H groups in total. The van der Waals surface area contributed by atoms with Crippen molar-refractivity contribution >= 4 is 38.3 Å². The van der Waals surface area contributed by atoms with E-state index in [9.17, 15) is 13.2 Å². The van der Waals surface area contributed by atoms with Crippen LogP contribution in [0.2, 0.25) is 0 Å². The number of aromatic nitrogens is 1. The number of thiazole rings is 1. The third-order valence-electron chi connectivity index (χ3n) is 3.42. The van der Waals surface area contributed by atoms with Crippen LogP contribution in [0.4, 0.5) is 5.13 Å². The minimum atomic E-state index is -3.66. The summed E-state index contributed by atoms with van der Waals surface area (Å²) in [6.45, 7) is 0. The molecule has 1 heterocycles. The standard InChI is InChI=1S/C19H16N2O3S2/c22-18(14-26(23,24)12-11-15-7-3-1-4-8-15)21-19-20-17(13-25-19)16-9-5-2-6-10-16/h1-13H,14H2,(H,20,21,22)/b12-11-. The number of anilines is 1. The van der Waals surface area contributed by atoms with E-state index in [-0.39, 0.29) is 0 Å². The highest BCUT2D eigenvalue weighted by Gasteiger charge is 2.15. The number of amides is 1. The number of sulfone groups is 1. The number of benzene rings is 2. The normalized spacial score (nSPS) is 11.5. The van der Waals surface area contributed by atoms with Gasteiger partial charge < -0.3 is 5.32 Å². The van der Waals surface area contributed by atoms with Crippen molar-refractivity contribution in [2.45, 2.75) is 0 Å². The van der Waals surface area contributed by atoms with Gasteiger partial charge in [0.25, 0.3) is 0 Å². The van der Waals surface area contributed by atoms with Crippen LogP contribution in [-0.4, -0.2) is 25.1 Å². The zero-order valence-corrected chi connectivity index (χ0v) is 15.3. The average molecular weight is 384 g/mol. The summed E-state index contributed by atoms with van der Waals surface area (Å²) < 4.78 is 24.1. The van der Waals surface area contributed by atoms with E-state index in [4.69, 9.17) is 0 Å². The van der Waals surface area contributed by atoms with Gasteiger partial charge in [0.1, 0.15) is 5.75 Å². The molecule has 0 atom stereocenters. The van der Waals surface area contributed by atoms with Gasteiger partial charge in [-0.3, -0.25) is 4.79 Å². The summed E-state index contributed by atoms with van der Waals surface area (Å²) in [5, 5.41) is 5.78. The second-order valence-electron chi connectivity index (χ2n) is 5.47. The summed E-state index contributed by atoms with van der Waals surface area (Å²) in [5.74, 6) is -1.24. The lowest BCUT2D eigenvalue weighted by molar-refractivity contribution is -0.113. The van der Waals surface area contributed by atoms with Crippen LogP contribution in [0.3, 0.4) is 0 Å². The molecule has 2 aromatic carbocycles. The number of rotatable bonds is 6. The zero-order valence-electron chi connectivity index (χ0n) is 13.7. The summed E-state index contributed by atoms with van der Waals surface area (Å²) in [7, 11) is -3.66. The number of carbonyl (C=O) groups excluding carboxylic acids is 1. The molecule has 1 aromatic heterocycles. The molecule has 0 aliphatic rings. The first-order chi connectivity index (χ1) is 12.5. The molecule has 0 saturated heterocycles. The minimum Gasteiger partial charge on any atom is -0.301 e. The molecule has 0 aliphatic heterocycles. The van der Waals surface area contributed by atoms with Crippen LogP contribution < -0.4 is 5.32 Å². The molecule has 5 nitrogen and oxygen atoms in total. The molecule has 0 saturated carbocycles. The van der Waals surface area contributed by atoms with Crippen molar-refractivity contribution < 1.29 is 13.2 Å². The van der Waals surface area contributed by atoms with Crippen molar-refractivity contribution in [2.24, 2.45) is 0 Å². The van der Waals surface area contributed by atoms with E-state index in [1.54, 1.807) is 12.1 Å². The maximum atomic E-state index is 12.1. The fourth-order valence-corrected chi connectivity index (χ4v) is 3.84. The molecule has 0 bridgehead atoms. The van der Waals surface area contributed by atoms with Crippen molar-refractivity contribution in [2.75, 3.05) is 11.1 Å². The Hall–Kier alpha value is -2.77. The Morgan fingerprint density at radius 2 is 1.69 bits per heavy atom.